The highest BCUT2D eigenvalue weighted by Crippen LogP contribution is 2.25. The molecular weight excluding hydrogens is 488 g/mol. The van der Waals surface area contributed by atoms with E-state index in [1.165, 1.54) is 0 Å². The van der Waals surface area contributed by atoms with Crippen LogP contribution in [0.5, 0.6) is 0 Å². The molecule has 0 radical (unpaired) electrons. The first-order valence-corrected chi connectivity index (χ1v) is 15.2. The van der Waals surface area contributed by atoms with Gasteiger partial charge in [-0.1, -0.05) is 18.2 Å². The van der Waals surface area contributed by atoms with Crippen LogP contribution in [0.15, 0.2) is 30.3 Å². The third-order valence-electron chi connectivity index (χ3n) is 5.62. The van der Waals surface area contributed by atoms with Crippen LogP contribution < -0.4 is 16.0 Å². The Balaban J connectivity index is 2.15. The number of hydrogen-bond acceptors (Lipinski definition) is 12. The fourth-order valence-electron chi connectivity index (χ4n) is 3.60. The van der Waals surface area contributed by atoms with Gasteiger partial charge in [-0.25, -0.2) is 0 Å². The van der Waals surface area contributed by atoms with Crippen molar-refractivity contribution in [1.82, 2.24) is 15.0 Å². The lowest BCUT2D eigenvalue weighted by Gasteiger charge is -2.27. The van der Waals surface area contributed by atoms with Gasteiger partial charge in [-0.15, -0.1) is 0 Å². The quantitative estimate of drug-likeness (QED) is 0.231. The summed E-state index contributed by atoms with van der Waals surface area (Å²) in [5.41, 5.74) is 6.97. The molecule has 196 valence electrons. The second-order valence-electron chi connectivity index (χ2n) is 7.53. The van der Waals surface area contributed by atoms with Crippen LogP contribution in [0.2, 0.25) is 12.1 Å². The first kappa shape index (κ1) is 29.1. The van der Waals surface area contributed by atoms with Crippen LogP contribution >= 0.6 is 0 Å². The maximum atomic E-state index is 6.04. The van der Waals surface area contributed by atoms with Crippen LogP contribution in [-0.4, -0.2) is 88.3 Å². The van der Waals surface area contributed by atoms with Gasteiger partial charge in [-0.3, -0.25) is 0 Å². The summed E-state index contributed by atoms with van der Waals surface area (Å²) < 4.78 is 33.1. The average molecular weight is 527 g/mol. The summed E-state index contributed by atoms with van der Waals surface area (Å²) in [6.07, 6.45) is 1.46. The summed E-state index contributed by atoms with van der Waals surface area (Å²) in [6.45, 7) is 1.18. The standard InChI is InChI=1S/C21H38N6O6Si2/c1-28-34(29-2,30-3)16-10-14-23-20-24-19(22)25-21(26-20)27(18-12-8-7-9-13-18)15-11-17-35(31-4,32-5)33-6/h7-9,12-13H,10-11,14-17H2,1-6H3,(H3,22,23,24,25,26). The number of rotatable bonds is 17. The first-order chi connectivity index (χ1) is 16.9. The van der Waals surface area contributed by atoms with E-state index in [-0.39, 0.29) is 5.95 Å². The Bertz CT molecular complexity index is 860. The van der Waals surface area contributed by atoms with Gasteiger partial charge < -0.3 is 42.5 Å². The van der Waals surface area contributed by atoms with Crippen molar-refractivity contribution in [2.75, 3.05) is 71.7 Å². The van der Waals surface area contributed by atoms with Crippen LogP contribution in [0, 0.1) is 0 Å². The highest BCUT2D eigenvalue weighted by molar-refractivity contribution is 6.60. The summed E-state index contributed by atoms with van der Waals surface area (Å²) in [7, 11) is 4.29. The maximum Gasteiger partial charge on any atom is 0.500 e. The molecule has 3 N–H and O–H groups in total. The molecule has 2 aromatic rings. The number of para-hydroxylation sites is 1. The van der Waals surface area contributed by atoms with Gasteiger partial charge in [0.15, 0.2) is 0 Å². The van der Waals surface area contributed by atoms with Crippen molar-refractivity contribution in [1.29, 1.82) is 0 Å². The molecule has 0 aliphatic heterocycles. The van der Waals surface area contributed by atoms with Gasteiger partial charge >= 0.3 is 17.6 Å². The molecule has 1 heterocycles. The van der Waals surface area contributed by atoms with Gasteiger partial charge in [0.05, 0.1) is 0 Å². The zero-order valence-corrected chi connectivity index (χ0v) is 23.4. The van der Waals surface area contributed by atoms with Crippen molar-refractivity contribution in [3.63, 3.8) is 0 Å². The smallest absolute Gasteiger partial charge is 0.377 e. The van der Waals surface area contributed by atoms with Crippen molar-refractivity contribution < 1.29 is 26.6 Å². The first-order valence-electron chi connectivity index (χ1n) is 11.3. The molecule has 1 aromatic carbocycles. The lowest BCUT2D eigenvalue weighted by molar-refractivity contribution is 0.122. The molecule has 0 atom stereocenters. The number of nitrogens with zero attached hydrogens (tertiary/aromatic N) is 4. The number of nitrogens with one attached hydrogen (secondary N) is 1. The second kappa shape index (κ2) is 14.4. The Kier molecular flexibility index (Phi) is 12.0. The lowest BCUT2D eigenvalue weighted by Crippen LogP contribution is -2.43. The zero-order chi connectivity index (χ0) is 25.7. The average Bonchev–Trinajstić information content (AvgIpc) is 2.90. The molecule has 0 spiro atoms. The van der Waals surface area contributed by atoms with Crippen LogP contribution in [-0.2, 0) is 26.6 Å². The van der Waals surface area contributed by atoms with Crippen molar-refractivity contribution in [2.24, 2.45) is 0 Å². The van der Waals surface area contributed by atoms with E-state index in [1.807, 2.05) is 35.2 Å². The normalized spacial score (nSPS) is 12.1. The topological polar surface area (TPSA) is 135 Å². The third kappa shape index (κ3) is 8.18. The van der Waals surface area contributed by atoms with Crippen molar-refractivity contribution >= 4 is 41.1 Å². The molecule has 1 aromatic heterocycles. The Morgan fingerprint density at radius 2 is 1.31 bits per heavy atom. The van der Waals surface area contributed by atoms with Gasteiger partial charge in [0.1, 0.15) is 0 Å². The molecule has 0 unspecified atom stereocenters. The summed E-state index contributed by atoms with van der Waals surface area (Å²) in [4.78, 5) is 15.3. The molecular formula is C21H38N6O6Si2. The van der Waals surface area contributed by atoms with E-state index in [2.05, 4.69) is 20.3 Å². The van der Waals surface area contributed by atoms with E-state index < -0.39 is 17.6 Å². The molecule has 0 saturated heterocycles. The van der Waals surface area contributed by atoms with Crippen LogP contribution in [0.3, 0.4) is 0 Å². The minimum atomic E-state index is -2.70. The summed E-state index contributed by atoms with van der Waals surface area (Å²) in [6, 6.07) is 11.1. The van der Waals surface area contributed by atoms with Gasteiger partial charge in [0.2, 0.25) is 17.8 Å². The predicted octanol–water partition coefficient (Wildman–Crippen LogP) is 2.54. The number of nitrogens with two attached hydrogens (primary N) is 1. The lowest BCUT2D eigenvalue weighted by atomic mass is 10.3. The molecule has 0 saturated carbocycles. The number of aromatic nitrogens is 3. The molecule has 14 heteroatoms. The van der Waals surface area contributed by atoms with Gasteiger partial charge in [-0.05, 0) is 25.0 Å². The van der Waals surface area contributed by atoms with E-state index in [0.717, 1.165) is 18.5 Å². The highest BCUT2D eigenvalue weighted by Gasteiger charge is 2.38. The molecule has 0 amide bonds. The Morgan fingerprint density at radius 3 is 1.86 bits per heavy atom. The molecule has 35 heavy (non-hydrogen) atoms. The van der Waals surface area contributed by atoms with Crippen molar-refractivity contribution in [3.05, 3.63) is 30.3 Å². The van der Waals surface area contributed by atoms with E-state index >= 15 is 0 Å². The van der Waals surface area contributed by atoms with E-state index in [1.54, 1.807) is 42.7 Å². The SMILES string of the molecule is CO[Si](CCCNc1nc(N)nc(N(CCC[Si](OC)(OC)OC)c2ccccc2)n1)(OC)OC. The fraction of sp³-hybridized carbons (Fsp3) is 0.571. The number of nitrogen functional groups attached to an aromatic ring is 1. The molecule has 0 aliphatic rings. The zero-order valence-electron chi connectivity index (χ0n) is 21.4. The van der Waals surface area contributed by atoms with E-state index in [4.69, 9.17) is 32.3 Å². The molecule has 0 fully saturated rings. The number of hydrogen-bond donors (Lipinski definition) is 2. The highest BCUT2D eigenvalue weighted by atomic mass is 28.4. The van der Waals surface area contributed by atoms with E-state index in [9.17, 15) is 0 Å². The number of anilines is 4. The fourth-order valence-corrected chi connectivity index (χ4v) is 7.03. The predicted molar refractivity (Wildman–Crippen MR) is 139 cm³/mol. The van der Waals surface area contributed by atoms with Crippen LogP contribution in [0.4, 0.5) is 23.5 Å². The number of benzene rings is 1. The van der Waals surface area contributed by atoms with Crippen molar-refractivity contribution in [2.45, 2.75) is 24.9 Å². The molecule has 0 bridgehead atoms. The molecule has 2 rings (SSSR count). The third-order valence-corrected chi connectivity index (χ3v) is 11.3. The largest absolute Gasteiger partial charge is 0.500 e. The van der Waals surface area contributed by atoms with Crippen molar-refractivity contribution in [3.8, 4) is 0 Å². The minimum Gasteiger partial charge on any atom is -0.377 e. The van der Waals surface area contributed by atoms with Gasteiger partial charge in [0, 0.05) is 73.5 Å². The monoisotopic (exact) mass is 526 g/mol. The Morgan fingerprint density at radius 1 is 0.771 bits per heavy atom. The summed E-state index contributed by atoms with van der Waals surface area (Å²) >= 11 is 0. The van der Waals surface area contributed by atoms with E-state index in [0.29, 0.717) is 37.1 Å². The molecule has 12 nitrogen and oxygen atoms in total. The van der Waals surface area contributed by atoms with Crippen LogP contribution in [0.25, 0.3) is 0 Å². The minimum absolute atomic E-state index is 0.127. The Hall–Kier alpha value is -2.18. The summed E-state index contributed by atoms with van der Waals surface area (Å²) in [5.74, 6) is 0.963. The van der Waals surface area contributed by atoms with Gasteiger partial charge in [0.25, 0.3) is 0 Å². The van der Waals surface area contributed by atoms with Gasteiger partial charge in [-0.2, -0.15) is 15.0 Å². The molecule has 0 aliphatic carbocycles. The summed E-state index contributed by atoms with van der Waals surface area (Å²) in [5, 5.41) is 3.22. The maximum absolute atomic E-state index is 6.04. The second-order valence-corrected chi connectivity index (χ2v) is 13.7. The Labute approximate surface area is 209 Å². The van der Waals surface area contributed by atoms with Crippen LogP contribution in [0.1, 0.15) is 12.8 Å².